The van der Waals surface area contributed by atoms with E-state index in [-0.39, 0.29) is 0 Å². The molecule has 0 bridgehead atoms. The van der Waals surface area contributed by atoms with E-state index in [1.807, 2.05) is 16.8 Å². The van der Waals surface area contributed by atoms with Crippen LogP contribution in [-0.4, -0.2) is 29.4 Å². The standard InChI is InChI=1S/C18H14N6O/c1-11-6-12(2)8-13(7-11)24-17-14(9-20-24)18-21-16(15-4-3-5-25-15)22-23(18)10-19-17/h3-10H,1-2H3. The van der Waals surface area contributed by atoms with Gasteiger partial charge in [0, 0.05) is 0 Å². The van der Waals surface area contributed by atoms with Crippen molar-refractivity contribution in [2.24, 2.45) is 0 Å². The molecule has 1 aromatic carbocycles. The molecule has 0 fully saturated rings. The molecule has 4 heterocycles. The number of nitrogens with zero attached hydrogens (tertiary/aromatic N) is 6. The molecule has 0 amide bonds. The Morgan fingerprint density at radius 3 is 2.64 bits per heavy atom. The monoisotopic (exact) mass is 330 g/mol. The molecule has 0 spiro atoms. The SMILES string of the molecule is Cc1cc(C)cc(-n2ncc3c2ncn2nc(-c4ccco4)nc32)c1. The van der Waals surface area contributed by atoms with E-state index in [2.05, 4.69) is 52.2 Å². The third kappa shape index (κ3) is 2.13. The average molecular weight is 330 g/mol. The van der Waals surface area contributed by atoms with Crippen LogP contribution in [0.4, 0.5) is 0 Å². The van der Waals surface area contributed by atoms with Gasteiger partial charge in [-0.25, -0.2) is 19.2 Å². The molecular weight excluding hydrogens is 316 g/mol. The van der Waals surface area contributed by atoms with Gasteiger partial charge in [0.2, 0.25) is 5.82 Å². The maximum atomic E-state index is 5.38. The molecule has 0 saturated heterocycles. The molecular formula is C18H14N6O. The highest BCUT2D eigenvalue weighted by molar-refractivity contribution is 5.89. The van der Waals surface area contributed by atoms with Gasteiger partial charge in [0.1, 0.15) is 6.33 Å². The van der Waals surface area contributed by atoms with Gasteiger partial charge in [-0.2, -0.15) is 5.10 Å². The Morgan fingerprint density at radius 2 is 1.88 bits per heavy atom. The lowest BCUT2D eigenvalue weighted by atomic mass is 10.1. The first-order valence-corrected chi connectivity index (χ1v) is 7.91. The summed E-state index contributed by atoms with van der Waals surface area (Å²) in [7, 11) is 0. The van der Waals surface area contributed by atoms with E-state index in [1.54, 1.807) is 23.3 Å². The maximum Gasteiger partial charge on any atom is 0.217 e. The third-order valence-electron chi connectivity index (χ3n) is 4.10. The first kappa shape index (κ1) is 13.9. The summed E-state index contributed by atoms with van der Waals surface area (Å²) in [5.74, 6) is 1.15. The predicted molar refractivity (Wildman–Crippen MR) is 92.6 cm³/mol. The van der Waals surface area contributed by atoms with Gasteiger partial charge in [-0.15, -0.1) is 5.10 Å². The van der Waals surface area contributed by atoms with Crippen molar-refractivity contribution in [3.8, 4) is 17.3 Å². The molecule has 25 heavy (non-hydrogen) atoms. The Hall–Kier alpha value is -3.48. The van der Waals surface area contributed by atoms with Crippen molar-refractivity contribution < 1.29 is 4.42 Å². The Labute approximate surface area is 142 Å². The highest BCUT2D eigenvalue weighted by atomic mass is 16.3. The minimum absolute atomic E-state index is 0.526. The molecule has 0 radical (unpaired) electrons. The number of rotatable bonds is 2. The van der Waals surface area contributed by atoms with Gasteiger partial charge in [0.05, 0.1) is 23.5 Å². The van der Waals surface area contributed by atoms with E-state index in [0.29, 0.717) is 17.2 Å². The summed E-state index contributed by atoms with van der Waals surface area (Å²) in [6.07, 6.45) is 5.03. The molecule has 0 atom stereocenters. The summed E-state index contributed by atoms with van der Waals surface area (Å²) in [6.45, 7) is 4.14. The van der Waals surface area contributed by atoms with Crippen molar-refractivity contribution in [1.82, 2.24) is 29.4 Å². The van der Waals surface area contributed by atoms with E-state index in [1.165, 1.54) is 11.1 Å². The Kier molecular flexibility index (Phi) is 2.79. The molecule has 0 aliphatic heterocycles. The molecule has 7 heteroatoms. The van der Waals surface area contributed by atoms with Crippen LogP contribution in [0.25, 0.3) is 34.0 Å². The maximum absolute atomic E-state index is 5.38. The topological polar surface area (TPSA) is 74.0 Å². The summed E-state index contributed by atoms with van der Waals surface area (Å²) in [4.78, 5) is 9.12. The molecule has 0 saturated carbocycles. The number of hydrogen-bond acceptors (Lipinski definition) is 5. The first-order chi connectivity index (χ1) is 12.2. The van der Waals surface area contributed by atoms with Crippen LogP contribution >= 0.6 is 0 Å². The normalized spacial score (nSPS) is 11.6. The second-order valence-electron chi connectivity index (χ2n) is 6.07. The second kappa shape index (κ2) is 5.01. The number of hydrogen-bond donors (Lipinski definition) is 0. The number of benzene rings is 1. The largest absolute Gasteiger partial charge is 0.461 e. The fourth-order valence-corrected chi connectivity index (χ4v) is 3.09. The summed E-state index contributed by atoms with van der Waals surface area (Å²) in [5.41, 5.74) is 4.79. The molecule has 0 aliphatic carbocycles. The van der Waals surface area contributed by atoms with E-state index in [4.69, 9.17) is 4.42 Å². The summed E-state index contributed by atoms with van der Waals surface area (Å²) in [6, 6.07) is 9.95. The van der Waals surface area contributed by atoms with Gasteiger partial charge < -0.3 is 4.42 Å². The van der Waals surface area contributed by atoms with Gasteiger partial charge in [0.15, 0.2) is 17.1 Å². The summed E-state index contributed by atoms with van der Waals surface area (Å²) < 4.78 is 8.86. The quantitative estimate of drug-likeness (QED) is 0.496. The Balaban J connectivity index is 1.74. The Morgan fingerprint density at radius 1 is 1.04 bits per heavy atom. The van der Waals surface area contributed by atoms with Gasteiger partial charge in [0.25, 0.3) is 0 Å². The zero-order valence-electron chi connectivity index (χ0n) is 13.7. The summed E-state index contributed by atoms with van der Waals surface area (Å²) >= 11 is 0. The highest BCUT2D eigenvalue weighted by Gasteiger charge is 2.15. The van der Waals surface area contributed by atoms with Gasteiger partial charge in [-0.3, -0.25) is 0 Å². The van der Waals surface area contributed by atoms with Crippen molar-refractivity contribution in [3.63, 3.8) is 0 Å². The molecule has 5 rings (SSSR count). The second-order valence-corrected chi connectivity index (χ2v) is 6.07. The molecule has 0 N–H and O–H groups in total. The van der Waals surface area contributed by atoms with Crippen LogP contribution in [0, 0.1) is 13.8 Å². The van der Waals surface area contributed by atoms with Crippen molar-refractivity contribution >= 4 is 16.7 Å². The van der Waals surface area contributed by atoms with Gasteiger partial charge in [-0.1, -0.05) is 6.07 Å². The van der Waals surface area contributed by atoms with Crippen LogP contribution in [0.3, 0.4) is 0 Å². The molecule has 0 unspecified atom stereocenters. The zero-order valence-corrected chi connectivity index (χ0v) is 13.7. The number of aromatic nitrogens is 6. The van der Waals surface area contributed by atoms with Crippen LogP contribution in [0.15, 0.2) is 53.5 Å². The number of fused-ring (bicyclic) bond motifs is 3. The zero-order chi connectivity index (χ0) is 17.0. The lowest BCUT2D eigenvalue weighted by Crippen LogP contribution is -2.00. The first-order valence-electron chi connectivity index (χ1n) is 7.91. The van der Waals surface area contributed by atoms with Crippen molar-refractivity contribution in [2.75, 3.05) is 0 Å². The smallest absolute Gasteiger partial charge is 0.217 e. The van der Waals surface area contributed by atoms with Gasteiger partial charge in [-0.05, 0) is 49.2 Å². The van der Waals surface area contributed by atoms with E-state index >= 15 is 0 Å². The molecule has 0 aliphatic rings. The van der Waals surface area contributed by atoms with Crippen molar-refractivity contribution in [1.29, 1.82) is 0 Å². The van der Waals surface area contributed by atoms with E-state index < -0.39 is 0 Å². The molecule has 122 valence electrons. The fraction of sp³-hybridized carbons (Fsp3) is 0.111. The predicted octanol–water partition coefficient (Wildman–Crippen LogP) is 3.34. The molecule has 4 aromatic heterocycles. The van der Waals surface area contributed by atoms with Crippen LogP contribution in [0.5, 0.6) is 0 Å². The van der Waals surface area contributed by atoms with Crippen LogP contribution in [-0.2, 0) is 0 Å². The van der Waals surface area contributed by atoms with Crippen LogP contribution in [0.2, 0.25) is 0 Å². The van der Waals surface area contributed by atoms with E-state index in [0.717, 1.165) is 16.7 Å². The van der Waals surface area contributed by atoms with Crippen molar-refractivity contribution in [3.05, 3.63) is 60.2 Å². The average Bonchev–Trinajstić information content (AvgIpc) is 3.31. The van der Waals surface area contributed by atoms with Crippen molar-refractivity contribution in [2.45, 2.75) is 13.8 Å². The number of aryl methyl sites for hydroxylation is 2. The number of furan rings is 1. The molecule has 5 aromatic rings. The minimum Gasteiger partial charge on any atom is -0.461 e. The highest BCUT2D eigenvalue weighted by Crippen LogP contribution is 2.23. The van der Waals surface area contributed by atoms with Crippen LogP contribution in [0.1, 0.15) is 11.1 Å². The van der Waals surface area contributed by atoms with E-state index in [9.17, 15) is 0 Å². The summed E-state index contributed by atoms with van der Waals surface area (Å²) in [5, 5.41) is 9.79. The fourth-order valence-electron chi connectivity index (χ4n) is 3.09. The Bertz CT molecular complexity index is 1200. The van der Waals surface area contributed by atoms with Crippen LogP contribution < -0.4 is 0 Å². The van der Waals surface area contributed by atoms with Gasteiger partial charge >= 0.3 is 0 Å². The third-order valence-corrected chi connectivity index (χ3v) is 4.10. The lowest BCUT2D eigenvalue weighted by Gasteiger charge is -2.06. The molecule has 7 nitrogen and oxygen atoms in total. The lowest BCUT2D eigenvalue weighted by molar-refractivity contribution is 0.577. The minimum atomic E-state index is 0.526.